The van der Waals surface area contributed by atoms with E-state index in [1.807, 2.05) is 66.3 Å². The number of amides is 1. The lowest BCUT2D eigenvalue weighted by molar-refractivity contribution is 0.1000. The minimum atomic E-state index is -0.437. The van der Waals surface area contributed by atoms with Gasteiger partial charge in [-0.15, -0.1) is 0 Å². The number of hydrogen-bond acceptors (Lipinski definition) is 4. The van der Waals surface area contributed by atoms with Gasteiger partial charge in [-0.1, -0.05) is 12.1 Å². The van der Waals surface area contributed by atoms with Crippen molar-refractivity contribution in [2.24, 2.45) is 5.73 Å². The molecule has 0 unspecified atom stereocenters. The molecule has 5 aromatic rings. The van der Waals surface area contributed by atoms with Gasteiger partial charge in [0, 0.05) is 29.9 Å². The van der Waals surface area contributed by atoms with E-state index in [9.17, 15) is 9.18 Å². The number of imidazole rings is 1. The maximum Gasteiger partial charge on any atom is 0.248 e. The van der Waals surface area contributed by atoms with Gasteiger partial charge in [-0.3, -0.25) is 9.20 Å². The van der Waals surface area contributed by atoms with Gasteiger partial charge in [-0.05, 0) is 78.2 Å². The highest BCUT2D eigenvalue weighted by atomic mass is 19.1. The van der Waals surface area contributed by atoms with Crippen LogP contribution in [-0.2, 0) is 6.42 Å². The minimum Gasteiger partial charge on any atom is -0.373 e. The molecule has 2 aromatic carbocycles. The molecule has 0 aliphatic heterocycles. The molecule has 1 amide bonds. The largest absolute Gasteiger partial charge is 0.373 e. The molecule has 34 heavy (non-hydrogen) atoms. The van der Waals surface area contributed by atoms with Gasteiger partial charge in [0.1, 0.15) is 17.3 Å². The molecular formula is C27H22FN5O. The van der Waals surface area contributed by atoms with E-state index in [-0.39, 0.29) is 5.82 Å². The number of halogens is 1. The van der Waals surface area contributed by atoms with E-state index in [4.69, 9.17) is 5.73 Å². The van der Waals surface area contributed by atoms with Crippen molar-refractivity contribution in [1.82, 2.24) is 14.4 Å². The summed E-state index contributed by atoms with van der Waals surface area (Å²) in [7, 11) is 1.81. The Kier molecular flexibility index (Phi) is 5.51. The lowest BCUT2D eigenvalue weighted by Crippen LogP contribution is -2.11. The molecule has 7 heteroatoms. The van der Waals surface area contributed by atoms with Gasteiger partial charge >= 0.3 is 0 Å². The van der Waals surface area contributed by atoms with Gasteiger partial charge in [0.2, 0.25) is 5.91 Å². The number of primary amides is 1. The standard InChI is InChI=1S/C27H22FN5O/c1-30-25-15-21(14-23(32-25)19-5-7-22(28)8-6-19)24-16-31-26-13-18(9-10-33(24)26)11-17-3-2-4-20(12-17)27(29)34/h2-10,12-16H,11H2,1H3,(H2,29,34)(H,30,32). The first-order valence-corrected chi connectivity index (χ1v) is 10.8. The predicted molar refractivity (Wildman–Crippen MR) is 131 cm³/mol. The molecule has 3 aromatic heterocycles. The van der Waals surface area contributed by atoms with Crippen molar-refractivity contribution < 1.29 is 9.18 Å². The fraction of sp³-hybridized carbons (Fsp3) is 0.0741. The Labute approximate surface area is 195 Å². The molecule has 0 saturated carbocycles. The third-order valence-corrected chi connectivity index (χ3v) is 5.71. The first-order valence-electron chi connectivity index (χ1n) is 10.8. The van der Waals surface area contributed by atoms with Crippen molar-refractivity contribution in [2.45, 2.75) is 6.42 Å². The zero-order chi connectivity index (χ0) is 23.7. The van der Waals surface area contributed by atoms with Crippen molar-refractivity contribution in [3.63, 3.8) is 0 Å². The van der Waals surface area contributed by atoms with Crippen molar-refractivity contribution in [3.8, 4) is 22.5 Å². The van der Waals surface area contributed by atoms with E-state index in [1.54, 1.807) is 18.2 Å². The summed E-state index contributed by atoms with van der Waals surface area (Å²) < 4.78 is 15.4. The number of benzene rings is 2. The highest BCUT2D eigenvalue weighted by Crippen LogP contribution is 2.29. The summed E-state index contributed by atoms with van der Waals surface area (Å²) >= 11 is 0. The lowest BCUT2D eigenvalue weighted by atomic mass is 10.0. The van der Waals surface area contributed by atoms with Gasteiger partial charge < -0.3 is 11.1 Å². The molecule has 3 N–H and O–H groups in total. The first-order chi connectivity index (χ1) is 16.5. The van der Waals surface area contributed by atoms with Crippen LogP contribution >= 0.6 is 0 Å². The number of anilines is 1. The second-order valence-electron chi connectivity index (χ2n) is 8.03. The van der Waals surface area contributed by atoms with E-state index in [1.165, 1.54) is 12.1 Å². The Hall–Kier alpha value is -4.52. The highest BCUT2D eigenvalue weighted by molar-refractivity contribution is 5.92. The summed E-state index contributed by atoms with van der Waals surface area (Å²) in [6.07, 6.45) is 4.48. The molecule has 0 fully saturated rings. The van der Waals surface area contributed by atoms with Crippen LogP contribution in [0.3, 0.4) is 0 Å². The number of pyridine rings is 2. The Morgan fingerprint density at radius 2 is 1.79 bits per heavy atom. The Bertz CT molecular complexity index is 1510. The van der Waals surface area contributed by atoms with E-state index in [2.05, 4.69) is 15.3 Å². The monoisotopic (exact) mass is 451 g/mol. The van der Waals surface area contributed by atoms with Crippen molar-refractivity contribution in [1.29, 1.82) is 0 Å². The van der Waals surface area contributed by atoms with Crippen LogP contribution in [0.4, 0.5) is 10.2 Å². The van der Waals surface area contributed by atoms with Crippen molar-refractivity contribution in [3.05, 3.63) is 108 Å². The summed E-state index contributed by atoms with van der Waals surface area (Å²) in [5, 5.41) is 3.10. The number of nitrogens with zero attached hydrogens (tertiary/aromatic N) is 3. The summed E-state index contributed by atoms with van der Waals surface area (Å²) in [6, 6.07) is 21.6. The Morgan fingerprint density at radius 1 is 1.00 bits per heavy atom. The van der Waals surface area contributed by atoms with E-state index < -0.39 is 5.91 Å². The first kappa shape index (κ1) is 21.3. The average Bonchev–Trinajstić information content (AvgIpc) is 3.27. The summed E-state index contributed by atoms with van der Waals surface area (Å²) in [6.45, 7) is 0. The topological polar surface area (TPSA) is 85.3 Å². The molecule has 0 atom stereocenters. The van der Waals surface area contributed by atoms with Crippen molar-refractivity contribution >= 4 is 17.4 Å². The number of hydrogen-bond donors (Lipinski definition) is 2. The van der Waals surface area contributed by atoms with Crippen LogP contribution in [-0.4, -0.2) is 27.3 Å². The highest BCUT2D eigenvalue weighted by Gasteiger charge is 2.12. The summed E-state index contributed by atoms with van der Waals surface area (Å²) in [4.78, 5) is 20.7. The molecule has 0 spiro atoms. The van der Waals surface area contributed by atoms with Crippen LogP contribution in [0.2, 0.25) is 0 Å². The van der Waals surface area contributed by atoms with Crippen LogP contribution in [0.1, 0.15) is 21.5 Å². The predicted octanol–water partition coefficient (Wildman–Crippen LogP) is 4.93. The van der Waals surface area contributed by atoms with Crippen LogP contribution in [0, 0.1) is 5.82 Å². The number of rotatable bonds is 6. The lowest BCUT2D eigenvalue weighted by Gasteiger charge is -2.10. The van der Waals surface area contributed by atoms with Gasteiger partial charge in [-0.2, -0.15) is 0 Å². The molecule has 0 aliphatic rings. The number of nitrogens with one attached hydrogen (secondary N) is 1. The molecule has 0 saturated heterocycles. The van der Waals surface area contributed by atoms with Crippen LogP contribution in [0.15, 0.2) is 85.2 Å². The fourth-order valence-electron chi connectivity index (χ4n) is 3.99. The van der Waals surface area contributed by atoms with Crippen LogP contribution in [0.5, 0.6) is 0 Å². The molecule has 0 bridgehead atoms. The van der Waals surface area contributed by atoms with Gasteiger partial charge in [0.15, 0.2) is 0 Å². The SMILES string of the molecule is CNc1cc(-c2cnc3cc(Cc4cccc(C(N)=O)c4)ccn23)cc(-c2ccc(F)cc2)n1. The van der Waals surface area contributed by atoms with Gasteiger partial charge in [0.25, 0.3) is 0 Å². The average molecular weight is 452 g/mol. The zero-order valence-electron chi connectivity index (χ0n) is 18.5. The normalized spacial score (nSPS) is 11.0. The van der Waals surface area contributed by atoms with Crippen molar-refractivity contribution in [2.75, 3.05) is 12.4 Å². The molecule has 0 radical (unpaired) electrons. The summed E-state index contributed by atoms with van der Waals surface area (Å²) in [5.41, 5.74) is 12.2. The molecule has 0 aliphatic carbocycles. The number of carbonyl (C=O) groups excluding carboxylic acids is 1. The number of carbonyl (C=O) groups is 1. The Morgan fingerprint density at radius 3 is 2.56 bits per heavy atom. The number of nitrogens with two attached hydrogens (primary N) is 1. The second-order valence-corrected chi connectivity index (χ2v) is 8.03. The third-order valence-electron chi connectivity index (χ3n) is 5.71. The van der Waals surface area contributed by atoms with Gasteiger partial charge in [0.05, 0.1) is 17.6 Å². The fourth-order valence-corrected chi connectivity index (χ4v) is 3.99. The molecule has 6 nitrogen and oxygen atoms in total. The quantitative estimate of drug-likeness (QED) is 0.383. The smallest absolute Gasteiger partial charge is 0.248 e. The van der Waals surface area contributed by atoms with Gasteiger partial charge in [-0.25, -0.2) is 14.4 Å². The number of aromatic nitrogens is 3. The van der Waals surface area contributed by atoms with E-state index in [0.717, 1.165) is 39.3 Å². The molecule has 5 rings (SSSR count). The Balaban J connectivity index is 1.50. The third kappa shape index (κ3) is 4.23. The van der Waals surface area contributed by atoms with Crippen LogP contribution < -0.4 is 11.1 Å². The molecule has 3 heterocycles. The maximum atomic E-state index is 13.4. The second kappa shape index (κ2) is 8.78. The maximum absolute atomic E-state index is 13.4. The van der Waals surface area contributed by atoms with E-state index in [0.29, 0.717) is 17.8 Å². The molecule has 168 valence electrons. The molecular weight excluding hydrogens is 429 g/mol. The minimum absolute atomic E-state index is 0.285. The van der Waals surface area contributed by atoms with Crippen LogP contribution in [0.25, 0.3) is 28.2 Å². The number of fused-ring (bicyclic) bond motifs is 1. The summed E-state index contributed by atoms with van der Waals surface area (Å²) in [5.74, 6) is -0.0149. The van der Waals surface area contributed by atoms with E-state index >= 15 is 0 Å². The zero-order valence-corrected chi connectivity index (χ0v) is 18.5.